The van der Waals surface area contributed by atoms with E-state index in [1.165, 1.54) is 12.1 Å². The normalized spacial score (nSPS) is 9.73. The number of esters is 1. The van der Waals surface area contributed by atoms with Gasteiger partial charge in [0.2, 0.25) is 0 Å². The summed E-state index contributed by atoms with van der Waals surface area (Å²) in [5.74, 6) is -1.56. The fraction of sp³-hybridized carbons (Fsp3) is 0.300. The van der Waals surface area contributed by atoms with E-state index >= 15 is 0 Å². The summed E-state index contributed by atoms with van der Waals surface area (Å²) in [6.07, 6.45) is 0. The number of anilines is 1. The lowest BCUT2D eigenvalue weighted by Gasteiger charge is -2.06. The van der Waals surface area contributed by atoms with E-state index in [9.17, 15) is 9.18 Å². The van der Waals surface area contributed by atoms with Gasteiger partial charge in [-0.15, -0.1) is 0 Å². The molecule has 0 saturated heterocycles. The second-order valence-corrected chi connectivity index (χ2v) is 2.82. The molecule has 1 aromatic rings. The summed E-state index contributed by atoms with van der Waals surface area (Å²) >= 11 is 0. The van der Waals surface area contributed by atoms with Crippen molar-refractivity contribution in [3.05, 3.63) is 24.0 Å². The Labute approximate surface area is 86.7 Å². The van der Waals surface area contributed by atoms with Crippen LogP contribution in [0.25, 0.3) is 0 Å². The first-order chi connectivity index (χ1) is 7.13. The molecule has 0 radical (unpaired) electrons. The van der Waals surface area contributed by atoms with E-state index in [2.05, 4.69) is 10.1 Å². The molecule has 0 aromatic heterocycles. The molecule has 0 heterocycles. The fourth-order valence-electron chi connectivity index (χ4n) is 1.00. The predicted octanol–water partition coefficient (Wildman–Crippen LogP) is 1.51. The summed E-state index contributed by atoms with van der Waals surface area (Å²) in [5.41, 5.74) is 0.415. The summed E-state index contributed by atoms with van der Waals surface area (Å²) in [6.45, 7) is 1.99. The van der Waals surface area contributed by atoms with E-state index in [1.807, 2.05) is 0 Å². The SMILES string of the molecule is CCOC(=O)CNc1ccc(O)c(F)c1. The lowest BCUT2D eigenvalue weighted by atomic mass is 10.3. The zero-order valence-corrected chi connectivity index (χ0v) is 8.29. The lowest BCUT2D eigenvalue weighted by molar-refractivity contribution is -0.140. The quantitative estimate of drug-likeness (QED) is 0.588. The molecule has 15 heavy (non-hydrogen) atoms. The number of phenolic OH excluding ortho intramolecular Hbond substituents is 1. The third-order valence-corrected chi connectivity index (χ3v) is 1.69. The number of nitrogens with one attached hydrogen (secondary N) is 1. The Balaban J connectivity index is 2.51. The van der Waals surface area contributed by atoms with Crippen molar-refractivity contribution in [2.75, 3.05) is 18.5 Å². The molecule has 2 N–H and O–H groups in total. The first-order valence-corrected chi connectivity index (χ1v) is 4.51. The van der Waals surface area contributed by atoms with Crippen LogP contribution in [0.3, 0.4) is 0 Å². The molecule has 0 saturated carbocycles. The smallest absolute Gasteiger partial charge is 0.325 e. The molecule has 0 unspecified atom stereocenters. The highest BCUT2D eigenvalue weighted by molar-refractivity contribution is 5.74. The van der Waals surface area contributed by atoms with Gasteiger partial charge < -0.3 is 15.2 Å². The first kappa shape index (κ1) is 11.3. The van der Waals surface area contributed by atoms with Gasteiger partial charge in [0.1, 0.15) is 6.54 Å². The minimum absolute atomic E-state index is 0.0297. The second-order valence-electron chi connectivity index (χ2n) is 2.82. The van der Waals surface area contributed by atoms with Crippen molar-refractivity contribution in [3.63, 3.8) is 0 Å². The lowest BCUT2D eigenvalue weighted by Crippen LogP contribution is -2.16. The van der Waals surface area contributed by atoms with Gasteiger partial charge in [-0.3, -0.25) is 4.79 Å². The van der Waals surface area contributed by atoms with Crippen molar-refractivity contribution in [2.45, 2.75) is 6.92 Å². The molecule has 4 nitrogen and oxygen atoms in total. The van der Waals surface area contributed by atoms with Crippen LogP contribution in [-0.2, 0) is 9.53 Å². The average Bonchev–Trinajstić information content (AvgIpc) is 2.20. The molecular weight excluding hydrogens is 201 g/mol. The Morgan fingerprint density at radius 1 is 1.60 bits per heavy atom. The number of carbonyl (C=O) groups is 1. The van der Waals surface area contributed by atoms with Gasteiger partial charge in [-0.05, 0) is 19.1 Å². The first-order valence-electron chi connectivity index (χ1n) is 4.51. The monoisotopic (exact) mass is 213 g/mol. The van der Waals surface area contributed by atoms with Crippen LogP contribution in [0.5, 0.6) is 5.75 Å². The highest BCUT2D eigenvalue weighted by Gasteiger charge is 2.04. The Kier molecular flexibility index (Phi) is 3.91. The van der Waals surface area contributed by atoms with Gasteiger partial charge in [0, 0.05) is 11.8 Å². The summed E-state index contributed by atoms with van der Waals surface area (Å²) in [5, 5.41) is 11.6. The Morgan fingerprint density at radius 3 is 2.93 bits per heavy atom. The summed E-state index contributed by atoms with van der Waals surface area (Å²) in [6, 6.07) is 3.79. The number of hydrogen-bond donors (Lipinski definition) is 2. The Bertz CT molecular complexity index is 355. The van der Waals surface area contributed by atoms with Gasteiger partial charge in [-0.2, -0.15) is 0 Å². The number of phenols is 1. The molecule has 0 aliphatic heterocycles. The van der Waals surface area contributed by atoms with Crippen LogP contribution >= 0.6 is 0 Å². The molecule has 1 rings (SSSR count). The minimum atomic E-state index is -0.733. The average molecular weight is 213 g/mol. The third kappa shape index (κ3) is 3.46. The summed E-state index contributed by atoms with van der Waals surface area (Å²) in [4.78, 5) is 10.9. The van der Waals surface area contributed by atoms with Gasteiger partial charge in [0.15, 0.2) is 11.6 Å². The van der Waals surface area contributed by atoms with Crippen LogP contribution in [0.4, 0.5) is 10.1 Å². The molecule has 0 spiro atoms. The zero-order valence-electron chi connectivity index (χ0n) is 8.29. The highest BCUT2D eigenvalue weighted by atomic mass is 19.1. The number of halogens is 1. The van der Waals surface area contributed by atoms with Crippen molar-refractivity contribution in [1.82, 2.24) is 0 Å². The zero-order chi connectivity index (χ0) is 11.3. The van der Waals surface area contributed by atoms with Crippen LogP contribution in [0.1, 0.15) is 6.92 Å². The molecule has 0 aliphatic carbocycles. The molecule has 5 heteroatoms. The maximum absolute atomic E-state index is 12.8. The molecule has 0 fully saturated rings. The van der Waals surface area contributed by atoms with Crippen molar-refractivity contribution in [1.29, 1.82) is 0 Å². The largest absolute Gasteiger partial charge is 0.505 e. The van der Waals surface area contributed by atoms with Crippen LogP contribution in [0, 0.1) is 5.82 Å². The van der Waals surface area contributed by atoms with Crippen LogP contribution in [0.15, 0.2) is 18.2 Å². The van der Waals surface area contributed by atoms with Crippen molar-refractivity contribution in [2.24, 2.45) is 0 Å². The molecule has 0 bridgehead atoms. The van der Waals surface area contributed by atoms with E-state index < -0.39 is 17.5 Å². The van der Waals surface area contributed by atoms with E-state index in [1.54, 1.807) is 6.92 Å². The second kappa shape index (κ2) is 5.19. The molecule has 82 valence electrons. The minimum Gasteiger partial charge on any atom is -0.505 e. The summed E-state index contributed by atoms with van der Waals surface area (Å²) < 4.78 is 17.5. The van der Waals surface area contributed by atoms with Crippen LogP contribution in [-0.4, -0.2) is 24.2 Å². The molecular formula is C10H12FNO3. The Morgan fingerprint density at radius 2 is 2.33 bits per heavy atom. The topological polar surface area (TPSA) is 58.6 Å². The number of rotatable bonds is 4. The number of aromatic hydroxyl groups is 1. The maximum Gasteiger partial charge on any atom is 0.325 e. The fourth-order valence-corrected chi connectivity index (χ4v) is 1.00. The standard InChI is InChI=1S/C10H12FNO3/c1-2-15-10(14)6-12-7-3-4-9(13)8(11)5-7/h3-5,12-13H,2,6H2,1H3. The van der Waals surface area contributed by atoms with E-state index in [0.717, 1.165) is 6.07 Å². The molecule has 1 aromatic carbocycles. The van der Waals surface area contributed by atoms with Gasteiger partial charge >= 0.3 is 5.97 Å². The number of carbonyl (C=O) groups excluding carboxylic acids is 1. The van der Waals surface area contributed by atoms with Crippen molar-refractivity contribution >= 4 is 11.7 Å². The van der Waals surface area contributed by atoms with E-state index in [4.69, 9.17) is 5.11 Å². The molecule has 0 aliphatic rings. The van der Waals surface area contributed by atoms with Gasteiger partial charge in [0.05, 0.1) is 6.61 Å². The molecule has 0 atom stereocenters. The van der Waals surface area contributed by atoms with Gasteiger partial charge in [-0.1, -0.05) is 0 Å². The van der Waals surface area contributed by atoms with Gasteiger partial charge in [0.25, 0.3) is 0 Å². The van der Waals surface area contributed by atoms with Crippen molar-refractivity contribution < 1.29 is 19.0 Å². The number of ether oxygens (including phenoxy) is 1. The Hall–Kier alpha value is -1.78. The third-order valence-electron chi connectivity index (χ3n) is 1.69. The highest BCUT2D eigenvalue weighted by Crippen LogP contribution is 2.18. The van der Waals surface area contributed by atoms with Gasteiger partial charge in [-0.25, -0.2) is 4.39 Å². The maximum atomic E-state index is 12.8. The van der Waals surface area contributed by atoms with E-state index in [0.29, 0.717) is 12.3 Å². The van der Waals surface area contributed by atoms with Crippen molar-refractivity contribution in [3.8, 4) is 5.75 Å². The van der Waals surface area contributed by atoms with Crippen LogP contribution < -0.4 is 5.32 Å². The number of benzene rings is 1. The summed E-state index contributed by atoms with van der Waals surface area (Å²) in [7, 11) is 0. The predicted molar refractivity (Wildman–Crippen MR) is 53.2 cm³/mol. The van der Waals surface area contributed by atoms with Crippen LogP contribution in [0.2, 0.25) is 0 Å². The molecule has 0 amide bonds. The number of hydrogen-bond acceptors (Lipinski definition) is 4. The van der Waals surface area contributed by atoms with E-state index in [-0.39, 0.29) is 6.54 Å².